The monoisotopic (exact) mass is 354 g/mol. The van der Waals surface area contributed by atoms with Gasteiger partial charge in [0.1, 0.15) is 12.4 Å². The first-order valence-corrected chi connectivity index (χ1v) is 8.86. The molecule has 24 heavy (non-hydrogen) atoms. The summed E-state index contributed by atoms with van der Waals surface area (Å²) in [5.74, 6) is 1.60. The normalized spacial score (nSPS) is 16.0. The molecule has 1 fully saturated rings. The molecule has 6 nitrogen and oxygen atoms in total. The van der Waals surface area contributed by atoms with E-state index in [0.29, 0.717) is 18.2 Å². The maximum atomic E-state index is 5.93. The Kier molecular flexibility index (Phi) is 8.73. The van der Waals surface area contributed by atoms with E-state index >= 15 is 0 Å². The summed E-state index contributed by atoms with van der Waals surface area (Å²) >= 11 is 5.93. The molecule has 7 heteroatoms. The lowest BCUT2D eigenvalue weighted by Crippen LogP contribution is -2.41. The van der Waals surface area contributed by atoms with E-state index in [1.54, 1.807) is 0 Å². The second-order valence-corrected chi connectivity index (χ2v) is 5.88. The van der Waals surface area contributed by atoms with Gasteiger partial charge in [-0.2, -0.15) is 0 Å². The van der Waals surface area contributed by atoms with Crippen LogP contribution >= 0.6 is 11.6 Å². The minimum Gasteiger partial charge on any atom is -0.492 e. The maximum Gasteiger partial charge on any atom is 0.191 e. The van der Waals surface area contributed by atoms with Crippen molar-refractivity contribution in [3.63, 3.8) is 0 Å². The minimum atomic E-state index is 0.550. The quantitative estimate of drug-likeness (QED) is 0.422. The number of hydrogen-bond acceptors (Lipinski definition) is 4. The Bertz CT molecular complexity index is 507. The molecule has 1 aromatic rings. The van der Waals surface area contributed by atoms with E-state index in [4.69, 9.17) is 21.1 Å². The number of benzene rings is 1. The summed E-state index contributed by atoms with van der Waals surface area (Å²) in [7, 11) is 0. The van der Waals surface area contributed by atoms with Crippen molar-refractivity contribution < 1.29 is 9.47 Å². The number of ether oxygens (including phenoxy) is 2. The molecule has 0 aromatic heterocycles. The maximum absolute atomic E-state index is 5.93. The molecule has 1 aromatic carbocycles. The number of nitrogens with one attached hydrogen (secondary N) is 2. The van der Waals surface area contributed by atoms with Crippen LogP contribution in [0.5, 0.6) is 5.75 Å². The smallest absolute Gasteiger partial charge is 0.191 e. The van der Waals surface area contributed by atoms with Crippen LogP contribution in [0.3, 0.4) is 0 Å². The minimum absolute atomic E-state index is 0.550. The number of guanidine groups is 1. The third kappa shape index (κ3) is 7.38. The molecule has 134 valence electrons. The van der Waals surface area contributed by atoms with Gasteiger partial charge in [0.05, 0.1) is 26.3 Å². The van der Waals surface area contributed by atoms with Crippen LogP contribution in [0.15, 0.2) is 29.3 Å². The highest BCUT2D eigenvalue weighted by atomic mass is 35.5. The average Bonchev–Trinajstić information content (AvgIpc) is 2.60. The molecule has 0 amide bonds. The number of hydrogen-bond donors (Lipinski definition) is 2. The Morgan fingerprint density at radius 3 is 2.92 bits per heavy atom. The fourth-order valence-corrected chi connectivity index (χ4v) is 2.55. The number of aliphatic imine (C=N–C) groups is 1. The predicted molar refractivity (Wildman–Crippen MR) is 98.2 cm³/mol. The lowest BCUT2D eigenvalue weighted by molar-refractivity contribution is 0.0394. The van der Waals surface area contributed by atoms with Crippen LogP contribution in [0.2, 0.25) is 5.02 Å². The standard InChI is InChI=1S/C17H27ClN4O2/c1-2-19-17(20-6-8-22-9-12-23-13-10-22)21-7-11-24-16-5-3-4-15(18)14-16/h3-5,14H,2,6-13H2,1H3,(H2,19,20,21). The number of rotatable bonds is 8. The Hall–Kier alpha value is -1.50. The molecule has 1 aliphatic heterocycles. The molecule has 2 rings (SSSR count). The van der Waals surface area contributed by atoms with Gasteiger partial charge in [-0.15, -0.1) is 0 Å². The second kappa shape index (κ2) is 11.1. The van der Waals surface area contributed by atoms with Crippen molar-refractivity contribution in [1.82, 2.24) is 15.5 Å². The summed E-state index contributed by atoms with van der Waals surface area (Å²) < 4.78 is 11.0. The summed E-state index contributed by atoms with van der Waals surface area (Å²) in [4.78, 5) is 6.98. The highest BCUT2D eigenvalue weighted by Crippen LogP contribution is 2.16. The molecule has 1 aliphatic rings. The van der Waals surface area contributed by atoms with E-state index in [0.717, 1.165) is 57.6 Å². The Labute approximate surface area is 149 Å². The van der Waals surface area contributed by atoms with Crippen LogP contribution in [-0.4, -0.2) is 69.9 Å². The van der Waals surface area contributed by atoms with Crippen molar-refractivity contribution in [2.45, 2.75) is 6.92 Å². The number of nitrogens with zero attached hydrogens (tertiary/aromatic N) is 2. The van der Waals surface area contributed by atoms with Crippen LogP contribution in [-0.2, 0) is 4.74 Å². The molecule has 0 unspecified atom stereocenters. The second-order valence-electron chi connectivity index (χ2n) is 5.45. The van der Waals surface area contributed by atoms with Gasteiger partial charge in [0, 0.05) is 31.2 Å². The van der Waals surface area contributed by atoms with Crippen LogP contribution in [0.25, 0.3) is 0 Å². The average molecular weight is 355 g/mol. The largest absolute Gasteiger partial charge is 0.492 e. The highest BCUT2D eigenvalue weighted by Gasteiger charge is 2.09. The lowest BCUT2D eigenvalue weighted by Gasteiger charge is -2.25. The fraction of sp³-hybridized carbons (Fsp3) is 0.588. The van der Waals surface area contributed by atoms with Crippen molar-refractivity contribution in [3.05, 3.63) is 29.3 Å². The van der Waals surface area contributed by atoms with Gasteiger partial charge in [0.15, 0.2) is 5.96 Å². The summed E-state index contributed by atoms with van der Waals surface area (Å²) in [5, 5.41) is 7.21. The van der Waals surface area contributed by atoms with E-state index < -0.39 is 0 Å². The summed E-state index contributed by atoms with van der Waals surface area (Å²) in [5.41, 5.74) is 0. The van der Waals surface area contributed by atoms with Crippen LogP contribution < -0.4 is 15.4 Å². The fourth-order valence-electron chi connectivity index (χ4n) is 2.36. The molecule has 0 aliphatic carbocycles. The van der Waals surface area contributed by atoms with Crippen molar-refractivity contribution in [2.75, 3.05) is 59.1 Å². The Balaban J connectivity index is 1.66. The lowest BCUT2D eigenvalue weighted by atomic mass is 10.3. The van der Waals surface area contributed by atoms with Gasteiger partial charge >= 0.3 is 0 Å². The SMILES string of the molecule is CCNC(=NCCN1CCOCC1)NCCOc1cccc(Cl)c1. The molecular formula is C17H27ClN4O2. The molecule has 0 radical (unpaired) electrons. The summed E-state index contributed by atoms with van der Waals surface area (Å²) in [6.07, 6.45) is 0. The van der Waals surface area contributed by atoms with Crippen molar-refractivity contribution in [3.8, 4) is 5.75 Å². The number of morpholine rings is 1. The van der Waals surface area contributed by atoms with Crippen molar-refractivity contribution >= 4 is 17.6 Å². The van der Waals surface area contributed by atoms with E-state index in [1.165, 1.54) is 0 Å². The van der Waals surface area contributed by atoms with Crippen LogP contribution in [0.1, 0.15) is 6.92 Å². The van der Waals surface area contributed by atoms with Gasteiger partial charge in [-0.05, 0) is 25.1 Å². The molecule has 0 atom stereocenters. The molecule has 0 bridgehead atoms. The number of halogens is 1. The predicted octanol–water partition coefficient (Wildman–Crippen LogP) is 1.61. The van der Waals surface area contributed by atoms with E-state index in [9.17, 15) is 0 Å². The van der Waals surface area contributed by atoms with Crippen molar-refractivity contribution in [1.29, 1.82) is 0 Å². The zero-order valence-corrected chi connectivity index (χ0v) is 15.0. The Morgan fingerprint density at radius 2 is 2.17 bits per heavy atom. The van der Waals surface area contributed by atoms with Gasteiger partial charge in [-0.25, -0.2) is 0 Å². The van der Waals surface area contributed by atoms with Gasteiger partial charge in [-0.1, -0.05) is 17.7 Å². The molecule has 1 heterocycles. The van der Waals surface area contributed by atoms with Crippen LogP contribution in [0, 0.1) is 0 Å². The first-order valence-electron chi connectivity index (χ1n) is 8.48. The third-order valence-electron chi connectivity index (χ3n) is 3.59. The van der Waals surface area contributed by atoms with E-state index in [2.05, 4.69) is 27.4 Å². The molecular weight excluding hydrogens is 328 g/mol. The first-order chi connectivity index (χ1) is 11.8. The van der Waals surface area contributed by atoms with Gasteiger partial charge in [0.25, 0.3) is 0 Å². The van der Waals surface area contributed by atoms with Gasteiger partial charge < -0.3 is 20.1 Å². The summed E-state index contributed by atoms with van der Waals surface area (Å²) in [6.45, 7) is 9.47. The van der Waals surface area contributed by atoms with E-state index in [1.807, 2.05) is 24.3 Å². The molecule has 0 saturated carbocycles. The molecule has 2 N–H and O–H groups in total. The highest BCUT2D eigenvalue weighted by molar-refractivity contribution is 6.30. The third-order valence-corrected chi connectivity index (χ3v) is 3.83. The molecule has 0 spiro atoms. The van der Waals surface area contributed by atoms with Crippen molar-refractivity contribution in [2.24, 2.45) is 4.99 Å². The van der Waals surface area contributed by atoms with Gasteiger partial charge in [0.2, 0.25) is 0 Å². The van der Waals surface area contributed by atoms with Gasteiger partial charge in [-0.3, -0.25) is 9.89 Å². The zero-order chi connectivity index (χ0) is 17.0. The first kappa shape index (κ1) is 18.8. The Morgan fingerprint density at radius 1 is 1.33 bits per heavy atom. The van der Waals surface area contributed by atoms with E-state index in [-0.39, 0.29) is 0 Å². The topological polar surface area (TPSA) is 58.1 Å². The van der Waals surface area contributed by atoms with Crippen LogP contribution in [0.4, 0.5) is 0 Å². The summed E-state index contributed by atoms with van der Waals surface area (Å²) in [6, 6.07) is 7.41. The zero-order valence-electron chi connectivity index (χ0n) is 14.3. The molecule has 1 saturated heterocycles.